The normalized spacial score (nSPS) is 17.0. The first-order chi connectivity index (χ1) is 11.8. The molecule has 0 bridgehead atoms. The summed E-state index contributed by atoms with van der Waals surface area (Å²) in [6, 6.07) is 2.66. The number of fused-ring (bicyclic) bond motifs is 1. The van der Waals surface area contributed by atoms with Gasteiger partial charge in [-0.1, -0.05) is 34.8 Å². The van der Waals surface area contributed by atoms with Crippen LogP contribution in [-0.4, -0.2) is 37.5 Å². The Kier molecular flexibility index (Phi) is 5.36. The highest BCUT2D eigenvalue weighted by Crippen LogP contribution is 2.38. The van der Waals surface area contributed by atoms with Crippen molar-refractivity contribution in [3.05, 3.63) is 33.4 Å². The van der Waals surface area contributed by atoms with Gasteiger partial charge in [-0.15, -0.1) is 0 Å². The number of benzene rings is 1. The molecule has 1 atom stereocenters. The molecule has 0 aliphatic carbocycles. The Morgan fingerprint density at radius 2 is 2.00 bits per heavy atom. The van der Waals surface area contributed by atoms with Gasteiger partial charge in [-0.2, -0.15) is 13.5 Å². The summed E-state index contributed by atoms with van der Waals surface area (Å²) in [5.41, 5.74) is 0. The van der Waals surface area contributed by atoms with Crippen LogP contribution in [0.1, 0.15) is 6.92 Å². The fourth-order valence-corrected chi connectivity index (χ4v) is 4.35. The quantitative estimate of drug-likeness (QED) is 0.680. The summed E-state index contributed by atoms with van der Waals surface area (Å²) in [4.78, 5) is -0.218. The summed E-state index contributed by atoms with van der Waals surface area (Å²) in [5.74, 6) is -0.132. The topological polar surface area (TPSA) is 79.7 Å². The van der Waals surface area contributed by atoms with E-state index in [0.29, 0.717) is 13.2 Å². The molecule has 7 nitrogen and oxygen atoms in total. The van der Waals surface area contributed by atoms with Crippen molar-refractivity contribution in [2.45, 2.75) is 24.5 Å². The smallest absolute Gasteiger partial charge is 0.346 e. The van der Waals surface area contributed by atoms with Crippen LogP contribution in [0.2, 0.25) is 15.1 Å². The molecule has 0 radical (unpaired) electrons. The molecule has 1 unspecified atom stereocenters. The van der Waals surface area contributed by atoms with Crippen LogP contribution >= 0.6 is 34.8 Å². The number of nitrogens with zero attached hydrogens (tertiary/aromatic N) is 2. The first-order valence-corrected chi connectivity index (χ1v) is 9.75. The molecule has 3 rings (SSSR count). The summed E-state index contributed by atoms with van der Waals surface area (Å²) in [6.07, 6.45) is 0.950. The van der Waals surface area contributed by atoms with Crippen LogP contribution in [0.25, 0.3) is 0 Å². The Morgan fingerprint density at radius 1 is 1.32 bits per heavy atom. The first-order valence-electron chi connectivity index (χ1n) is 7.21. The zero-order valence-electron chi connectivity index (χ0n) is 12.9. The molecule has 1 aromatic heterocycles. The average Bonchev–Trinajstić information content (AvgIpc) is 2.95. The number of halogens is 3. The maximum atomic E-state index is 12.6. The van der Waals surface area contributed by atoms with Crippen LogP contribution in [0.3, 0.4) is 0 Å². The van der Waals surface area contributed by atoms with Crippen molar-refractivity contribution < 1.29 is 22.1 Å². The lowest BCUT2D eigenvalue weighted by Crippen LogP contribution is -2.33. The molecule has 1 aromatic carbocycles. The van der Waals surface area contributed by atoms with Crippen LogP contribution < -0.4 is 8.92 Å². The van der Waals surface area contributed by atoms with E-state index in [-0.39, 0.29) is 44.3 Å². The second-order valence-corrected chi connectivity index (χ2v) is 7.89. The van der Waals surface area contributed by atoms with E-state index in [1.807, 2.05) is 6.92 Å². The zero-order valence-corrected chi connectivity index (χ0v) is 16.0. The Hall–Kier alpha value is -1.19. The first kappa shape index (κ1) is 18.6. The molecule has 136 valence electrons. The molecular weight excluding hydrogens is 415 g/mol. The summed E-state index contributed by atoms with van der Waals surface area (Å²) < 4.78 is 42.6. The number of ether oxygens (including phenoxy) is 2. The molecule has 1 aliphatic rings. The monoisotopic (exact) mass is 426 g/mol. The molecule has 0 saturated heterocycles. The molecule has 0 N–H and O–H groups in total. The van der Waals surface area contributed by atoms with Crippen molar-refractivity contribution >= 4 is 44.9 Å². The zero-order chi connectivity index (χ0) is 18.2. The second-order valence-electron chi connectivity index (χ2n) is 5.12. The molecule has 0 saturated carbocycles. The Morgan fingerprint density at radius 3 is 2.64 bits per heavy atom. The van der Waals surface area contributed by atoms with Gasteiger partial charge in [0.1, 0.15) is 12.7 Å². The van der Waals surface area contributed by atoms with E-state index in [0.717, 1.165) is 6.20 Å². The van der Waals surface area contributed by atoms with Crippen molar-refractivity contribution in [2.24, 2.45) is 0 Å². The van der Waals surface area contributed by atoms with Crippen molar-refractivity contribution in [3.63, 3.8) is 0 Å². The van der Waals surface area contributed by atoms with Gasteiger partial charge < -0.3 is 13.7 Å². The van der Waals surface area contributed by atoms with Gasteiger partial charge in [0, 0.05) is 11.6 Å². The maximum Gasteiger partial charge on any atom is 0.346 e. The van der Waals surface area contributed by atoms with Gasteiger partial charge in [0.25, 0.3) is 0 Å². The van der Waals surface area contributed by atoms with E-state index in [4.69, 9.17) is 48.5 Å². The minimum atomic E-state index is -4.26. The second kappa shape index (κ2) is 7.20. The van der Waals surface area contributed by atoms with E-state index < -0.39 is 10.1 Å². The minimum Gasteiger partial charge on any atom is -0.474 e. The highest BCUT2D eigenvalue weighted by molar-refractivity contribution is 7.87. The summed E-state index contributed by atoms with van der Waals surface area (Å²) in [6.45, 7) is 2.97. The highest BCUT2D eigenvalue weighted by Gasteiger charge is 2.32. The fraction of sp³-hybridized carbons (Fsp3) is 0.357. The largest absolute Gasteiger partial charge is 0.474 e. The van der Waals surface area contributed by atoms with E-state index in [1.165, 1.54) is 16.8 Å². The SMILES string of the molecule is CCOC1COc2c(S(=O)(=O)Oc3c(Cl)cc(Cl)cc3Cl)cnn2C1. The van der Waals surface area contributed by atoms with E-state index in [2.05, 4.69) is 5.10 Å². The van der Waals surface area contributed by atoms with Gasteiger partial charge in [0.05, 0.1) is 22.8 Å². The Labute approximate surface area is 159 Å². The molecule has 0 spiro atoms. The summed E-state index contributed by atoms with van der Waals surface area (Å²) in [5, 5.41) is 4.22. The molecule has 0 amide bonds. The van der Waals surface area contributed by atoms with Gasteiger partial charge in [0.15, 0.2) is 10.6 Å². The third-order valence-corrected chi connectivity index (χ3v) is 5.35. The van der Waals surface area contributed by atoms with Crippen LogP contribution in [0, 0.1) is 0 Å². The maximum absolute atomic E-state index is 12.6. The highest BCUT2D eigenvalue weighted by atomic mass is 35.5. The summed E-state index contributed by atoms with van der Waals surface area (Å²) >= 11 is 17.8. The van der Waals surface area contributed by atoms with Crippen LogP contribution in [-0.2, 0) is 21.4 Å². The third kappa shape index (κ3) is 3.83. The lowest BCUT2D eigenvalue weighted by molar-refractivity contribution is -0.00765. The van der Waals surface area contributed by atoms with Gasteiger partial charge in [-0.05, 0) is 19.1 Å². The lowest BCUT2D eigenvalue weighted by atomic mass is 10.3. The van der Waals surface area contributed by atoms with Crippen molar-refractivity contribution in [1.29, 1.82) is 0 Å². The predicted molar refractivity (Wildman–Crippen MR) is 92.4 cm³/mol. The third-order valence-electron chi connectivity index (χ3n) is 3.37. The molecule has 25 heavy (non-hydrogen) atoms. The Bertz CT molecular complexity index is 877. The van der Waals surface area contributed by atoms with E-state index in [9.17, 15) is 8.42 Å². The molecule has 11 heteroatoms. The van der Waals surface area contributed by atoms with Gasteiger partial charge in [-0.3, -0.25) is 0 Å². The lowest BCUT2D eigenvalue weighted by Gasteiger charge is -2.24. The Balaban J connectivity index is 1.90. The van der Waals surface area contributed by atoms with Gasteiger partial charge in [-0.25, -0.2) is 4.68 Å². The van der Waals surface area contributed by atoms with Crippen LogP contribution in [0.15, 0.2) is 23.2 Å². The average molecular weight is 428 g/mol. The summed E-state index contributed by atoms with van der Waals surface area (Å²) in [7, 11) is -4.26. The number of aromatic nitrogens is 2. The molecule has 1 aliphatic heterocycles. The molecule has 0 fully saturated rings. The molecule has 2 heterocycles. The van der Waals surface area contributed by atoms with E-state index in [1.54, 1.807) is 0 Å². The van der Waals surface area contributed by atoms with Crippen molar-refractivity contribution in [3.8, 4) is 11.6 Å². The fourth-order valence-electron chi connectivity index (χ4n) is 2.32. The van der Waals surface area contributed by atoms with Crippen LogP contribution in [0.5, 0.6) is 11.6 Å². The predicted octanol–water partition coefficient (Wildman–Crippen LogP) is 3.41. The van der Waals surface area contributed by atoms with Crippen molar-refractivity contribution in [2.75, 3.05) is 13.2 Å². The minimum absolute atomic E-state index is 0.0283. The number of hydrogen-bond acceptors (Lipinski definition) is 6. The van der Waals surface area contributed by atoms with Crippen LogP contribution in [0.4, 0.5) is 0 Å². The van der Waals surface area contributed by atoms with Gasteiger partial charge >= 0.3 is 10.1 Å². The van der Waals surface area contributed by atoms with E-state index >= 15 is 0 Å². The van der Waals surface area contributed by atoms with Crippen molar-refractivity contribution in [1.82, 2.24) is 9.78 Å². The standard InChI is InChI=1S/C14H13Cl3N2O5S/c1-2-22-9-6-19-14(23-7-9)12(5-18-19)25(20,21)24-13-10(16)3-8(15)4-11(13)17/h3-5,9H,2,6-7H2,1H3. The molecular formula is C14H13Cl3N2O5S. The van der Waals surface area contributed by atoms with Gasteiger partial charge in [0.2, 0.25) is 5.88 Å². The molecule has 2 aromatic rings. The number of rotatable bonds is 5. The number of hydrogen-bond donors (Lipinski definition) is 0.